The maximum absolute atomic E-state index is 12.6. The Hall–Kier alpha value is -2.53. The lowest BCUT2D eigenvalue weighted by Crippen LogP contribution is -2.32. The smallest absolute Gasteiger partial charge is 0.266 e. The summed E-state index contributed by atoms with van der Waals surface area (Å²) in [5, 5.41) is 0.295. The van der Waals surface area contributed by atoms with Crippen LogP contribution in [0.4, 0.5) is 5.95 Å². The third kappa shape index (κ3) is 2.76. The van der Waals surface area contributed by atoms with Gasteiger partial charge in [0.1, 0.15) is 16.7 Å². The number of hydrogen-bond donors (Lipinski definition) is 0. The summed E-state index contributed by atoms with van der Waals surface area (Å²) in [6.45, 7) is 3.54. The van der Waals surface area contributed by atoms with Gasteiger partial charge in [-0.15, -0.1) is 0 Å². The summed E-state index contributed by atoms with van der Waals surface area (Å²) < 4.78 is 0. The van der Waals surface area contributed by atoms with Gasteiger partial charge >= 0.3 is 0 Å². The summed E-state index contributed by atoms with van der Waals surface area (Å²) in [7, 11) is 0. The van der Waals surface area contributed by atoms with Crippen LogP contribution in [0.1, 0.15) is 18.2 Å². The lowest BCUT2D eigenvalue weighted by Gasteiger charge is -2.14. The number of aryl methyl sites for hydroxylation is 1. The fourth-order valence-corrected chi connectivity index (χ4v) is 2.42. The predicted molar refractivity (Wildman–Crippen MR) is 86.8 cm³/mol. The normalized spacial score (nSPS) is 16.3. The van der Waals surface area contributed by atoms with Gasteiger partial charge in [-0.05, 0) is 31.6 Å². The van der Waals surface area contributed by atoms with Gasteiger partial charge < -0.3 is 0 Å². The number of anilines is 1. The first-order valence-corrected chi connectivity index (χ1v) is 7.10. The molecule has 1 amide bonds. The Kier molecular flexibility index (Phi) is 3.73. The maximum Gasteiger partial charge on any atom is 0.284 e. The summed E-state index contributed by atoms with van der Waals surface area (Å²) in [5.41, 5.74) is 1.95. The summed E-state index contributed by atoms with van der Waals surface area (Å²) in [5.74, 6) is 0.504. The van der Waals surface area contributed by atoms with Gasteiger partial charge in [0.2, 0.25) is 5.95 Å². The van der Waals surface area contributed by atoms with Crippen LogP contribution < -0.4 is 4.90 Å². The van der Waals surface area contributed by atoms with Crippen LogP contribution in [-0.2, 0) is 4.79 Å². The van der Waals surface area contributed by atoms with Gasteiger partial charge in [-0.3, -0.25) is 4.79 Å². The molecule has 0 aliphatic carbocycles. The number of amidine groups is 1. The van der Waals surface area contributed by atoms with E-state index in [1.54, 1.807) is 26.0 Å². The molecule has 110 valence electrons. The van der Waals surface area contributed by atoms with Crippen molar-refractivity contribution in [3.63, 3.8) is 0 Å². The third-order valence-corrected chi connectivity index (χ3v) is 3.34. The quantitative estimate of drug-likeness (QED) is 0.632. The van der Waals surface area contributed by atoms with Crippen LogP contribution in [0.25, 0.3) is 6.08 Å². The van der Waals surface area contributed by atoms with Crippen molar-refractivity contribution in [3.05, 3.63) is 58.5 Å². The number of benzene rings is 1. The van der Waals surface area contributed by atoms with Gasteiger partial charge in [0.05, 0.1) is 0 Å². The number of aromatic nitrogens is 2. The number of aliphatic imine (C=N–C) groups is 1. The fourth-order valence-electron chi connectivity index (χ4n) is 2.19. The molecule has 2 aromatic rings. The second-order valence-electron chi connectivity index (χ2n) is 4.87. The van der Waals surface area contributed by atoms with E-state index in [4.69, 9.17) is 11.6 Å². The SMILES string of the molecule is CC1=N/C(=C/c2ccccc2)C(=O)N1c1nc(C)cc(Cl)n1. The molecule has 0 atom stereocenters. The molecule has 0 saturated carbocycles. The molecule has 0 saturated heterocycles. The summed E-state index contributed by atoms with van der Waals surface area (Å²) in [6.07, 6.45) is 1.74. The number of carbonyl (C=O) groups is 1. The second kappa shape index (κ2) is 5.69. The van der Waals surface area contributed by atoms with Gasteiger partial charge in [0.15, 0.2) is 0 Å². The minimum absolute atomic E-state index is 0.243. The highest BCUT2D eigenvalue weighted by Gasteiger charge is 2.31. The summed E-state index contributed by atoms with van der Waals surface area (Å²) in [6, 6.07) is 11.2. The van der Waals surface area contributed by atoms with Crippen molar-refractivity contribution in [1.29, 1.82) is 0 Å². The highest BCUT2D eigenvalue weighted by molar-refractivity contribution is 6.30. The van der Waals surface area contributed by atoms with Crippen molar-refractivity contribution in [2.45, 2.75) is 13.8 Å². The number of nitrogens with zero attached hydrogens (tertiary/aromatic N) is 4. The van der Waals surface area contributed by atoms with E-state index in [-0.39, 0.29) is 11.9 Å². The van der Waals surface area contributed by atoms with Crippen molar-refractivity contribution in [3.8, 4) is 0 Å². The molecule has 5 nitrogen and oxygen atoms in total. The Labute approximate surface area is 133 Å². The first-order valence-electron chi connectivity index (χ1n) is 6.72. The van der Waals surface area contributed by atoms with Crippen LogP contribution in [0.15, 0.2) is 47.1 Å². The molecular weight excluding hydrogens is 300 g/mol. The molecule has 3 rings (SSSR count). The van der Waals surface area contributed by atoms with E-state index in [9.17, 15) is 4.79 Å². The minimum Gasteiger partial charge on any atom is -0.266 e. The van der Waals surface area contributed by atoms with Gasteiger partial charge in [-0.2, -0.15) is 0 Å². The fraction of sp³-hybridized carbons (Fsp3) is 0.125. The van der Waals surface area contributed by atoms with Gasteiger partial charge in [0.25, 0.3) is 5.91 Å². The molecule has 0 bridgehead atoms. The molecule has 0 spiro atoms. The zero-order valence-corrected chi connectivity index (χ0v) is 12.9. The topological polar surface area (TPSA) is 58.5 Å². The molecule has 0 radical (unpaired) electrons. The van der Waals surface area contributed by atoms with E-state index in [1.165, 1.54) is 4.90 Å². The zero-order chi connectivity index (χ0) is 15.7. The minimum atomic E-state index is -0.261. The molecule has 1 aliphatic heterocycles. The first kappa shape index (κ1) is 14.4. The van der Waals surface area contributed by atoms with E-state index in [0.717, 1.165) is 5.56 Å². The summed E-state index contributed by atoms with van der Waals surface area (Å²) >= 11 is 5.95. The molecule has 0 unspecified atom stereocenters. The lowest BCUT2D eigenvalue weighted by molar-refractivity contribution is -0.113. The second-order valence-corrected chi connectivity index (χ2v) is 5.26. The molecule has 1 aromatic heterocycles. The number of carbonyl (C=O) groups excluding carboxylic acids is 1. The molecular formula is C16H13ClN4O. The molecule has 22 heavy (non-hydrogen) atoms. The maximum atomic E-state index is 12.6. The highest BCUT2D eigenvalue weighted by atomic mass is 35.5. The number of rotatable bonds is 2. The molecule has 1 aromatic carbocycles. The molecule has 6 heteroatoms. The average molecular weight is 313 g/mol. The van der Waals surface area contributed by atoms with E-state index >= 15 is 0 Å². The van der Waals surface area contributed by atoms with Crippen molar-refractivity contribution in [1.82, 2.24) is 9.97 Å². The Morgan fingerprint density at radius 2 is 1.86 bits per heavy atom. The molecule has 0 fully saturated rings. The average Bonchev–Trinajstić information content (AvgIpc) is 2.73. The van der Waals surface area contributed by atoms with Crippen molar-refractivity contribution in [2.24, 2.45) is 4.99 Å². The van der Waals surface area contributed by atoms with Crippen molar-refractivity contribution in [2.75, 3.05) is 4.90 Å². The van der Waals surface area contributed by atoms with Gasteiger partial charge in [-0.25, -0.2) is 19.9 Å². The lowest BCUT2D eigenvalue weighted by atomic mass is 10.2. The van der Waals surface area contributed by atoms with E-state index in [2.05, 4.69) is 15.0 Å². The van der Waals surface area contributed by atoms with Gasteiger partial charge in [0, 0.05) is 5.69 Å². The Bertz CT molecular complexity index is 779. The van der Waals surface area contributed by atoms with Gasteiger partial charge in [-0.1, -0.05) is 41.9 Å². The molecule has 2 heterocycles. The van der Waals surface area contributed by atoms with Crippen LogP contribution in [-0.4, -0.2) is 21.7 Å². The highest BCUT2D eigenvalue weighted by Crippen LogP contribution is 2.23. The van der Waals surface area contributed by atoms with Crippen molar-refractivity contribution < 1.29 is 4.79 Å². The van der Waals surface area contributed by atoms with Crippen LogP contribution in [0.3, 0.4) is 0 Å². The van der Waals surface area contributed by atoms with E-state index in [1.807, 2.05) is 30.3 Å². The summed E-state index contributed by atoms with van der Waals surface area (Å²) in [4.78, 5) is 26.6. The number of halogens is 1. The zero-order valence-electron chi connectivity index (χ0n) is 12.1. The van der Waals surface area contributed by atoms with Crippen LogP contribution in [0.5, 0.6) is 0 Å². The standard InChI is InChI=1S/C16H13ClN4O/c1-10-8-14(17)20-16(18-10)21-11(2)19-13(15(21)22)9-12-6-4-3-5-7-12/h3-9H,1-2H3/b13-9+. The Balaban J connectivity index is 1.98. The number of amides is 1. The first-order chi connectivity index (χ1) is 10.5. The van der Waals surface area contributed by atoms with Crippen LogP contribution in [0.2, 0.25) is 5.15 Å². The monoisotopic (exact) mass is 312 g/mol. The molecule has 0 N–H and O–H groups in total. The Morgan fingerprint density at radius 3 is 2.55 bits per heavy atom. The van der Waals surface area contributed by atoms with Crippen LogP contribution in [0, 0.1) is 6.92 Å². The van der Waals surface area contributed by atoms with E-state index < -0.39 is 0 Å². The predicted octanol–water partition coefficient (Wildman–Crippen LogP) is 3.24. The number of hydrogen-bond acceptors (Lipinski definition) is 4. The van der Waals surface area contributed by atoms with Crippen molar-refractivity contribution >= 4 is 35.4 Å². The largest absolute Gasteiger partial charge is 0.284 e. The third-order valence-electron chi connectivity index (χ3n) is 3.14. The molecule has 1 aliphatic rings. The van der Waals surface area contributed by atoms with E-state index in [0.29, 0.717) is 22.4 Å². The van der Waals surface area contributed by atoms with Crippen LogP contribution >= 0.6 is 11.6 Å². The Morgan fingerprint density at radius 1 is 1.14 bits per heavy atom.